The van der Waals surface area contributed by atoms with Crippen LogP contribution in [0.5, 0.6) is 0 Å². The van der Waals surface area contributed by atoms with Gasteiger partial charge in [0.1, 0.15) is 0 Å². The van der Waals surface area contributed by atoms with Crippen molar-refractivity contribution in [3.05, 3.63) is 82.7 Å². The fourth-order valence-electron chi connectivity index (χ4n) is 4.35. The molecule has 0 bridgehead atoms. The van der Waals surface area contributed by atoms with Crippen molar-refractivity contribution in [2.24, 2.45) is 0 Å². The fourth-order valence-corrected chi connectivity index (χ4v) is 4.35. The molecule has 1 fully saturated rings. The van der Waals surface area contributed by atoms with Gasteiger partial charge in [0.15, 0.2) is 0 Å². The van der Waals surface area contributed by atoms with Crippen LogP contribution in [0.15, 0.2) is 54.6 Å². The predicted molar refractivity (Wildman–Crippen MR) is 130 cm³/mol. The van der Waals surface area contributed by atoms with E-state index in [1.54, 1.807) is 23.4 Å². The molecule has 3 aromatic rings. The summed E-state index contributed by atoms with van der Waals surface area (Å²) >= 11 is 0. The zero-order chi connectivity index (χ0) is 24.4. The Morgan fingerprint density at radius 3 is 2.00 bits per heavy atom. The summed E-state index contributed by atoms with van der Waals surface area (Å²) in [6.07, 6.45) is 0. The first-order valence-electron chi connectivity index (χ1n) is 11.6. The molecule has 0 radical (unpaired) electrons. The van der Waals surface area contributed by atoms with Gasteiger partial charge in [-0.3, -0.25) is 14.4 Å². The quantitative estimate of drug-likeness (QED) is 0.431. The number of nitrogens with zero attached hydrogens (tertiary/aromatic N) is 4. The Kier molecular flexibility index (Phi) is 6.63. The third-order valence-electron chi connectivity index (χ3n) is 6.39. The Bertz CT molecular complexity index is 1200. The van der Waals surface area contributed by atoms with Crippen molar-refractivity contribution in [3.8, 4) is 5.69 Å². The second kappa shape index (κ2) is 9.63. The number of benzene rings is 2. The number of hydrogen-bond donors (Lipinski definition) is 0. The van der Waals surface area contributed by atoms with Crippen molar-refractivity contribution in [2.45, 2.75) is 33.6 Å². The summed E-state index contributed by atoms with van der Waals surface area (Å²) < 4.78 is 1.69. The summed E-state index contributed by atoms with van der Waals surface area (Å²) in [6.45, 7) is 9.21. The number of ketones is 1. The molecular formula is C27H30N4O3. The molecule has 0 unspecified atom stereocenters. The zero-order valence-corrected chi connectivity index (χ0v) is 20.1. The van der Waals surface area contributed by atoms with Crippen LogP contribution in [0, 0.1) is 13.8 Å². The third kappa shape index (κ3) is 4.51. The van der Waals surface area contributed by atoms with Gasteiger partial charge < -0.3 is 9.80 Å². The summed E-state index contributed by atoms with van der Waals surface area (Å²) in [4.78, 5) is 42.3. The second-order valence-electron chi connectivity index (χ2n) is 8.98. The lowest BCUT2D eigenvalue weighted by Gasteiger charge is -2.34. The summed E-state index contributed by atoms with van der Waals surface area (Å²) in [6, 6.07) is 17.2. The van der Waals surface area contributed by atoms with Crippen LogP contribution in [-0.2, 0) is 4.79 Å². The SMILES string of the molecule is Cc1nn(-c2ccccc2)c(C)c1C(=O)C(=O)N1CCN(C(=O)c2ccc(C(C)C)cc2)CC1. The lowest BCUT2D eigenvalue weighted by Crippen LogP contribution is -2.52. The molecule has 2 amide bonds. The first-order valence-corrected chi connectivity index (χ1v) is 11.6. The number of piperazine rings is 1. The number of rotatable bonds is 5. The molecule has 176 valence electrons. The minimum atomic E-state index is -0.554. The molecule has 0 aliphatic carbocycles. The Balaban J connectivity index is 1.42. The number of para-hydroxylation sites is 1. The molecule has 4 rings (SSSR count). The average molecular weight is 459 g/mol. The van der Waals surface area contributed by atoms with Crippen molar-refractivity contribution in [3.63, 3.8) is 0 Å². The molecule has 2 aromatic carbocycles. The van der Waals surface area contributed by atoms with Gasteiger partial charge in [-0.25, -0.2) is 4.68 Å². The molecule has 7 heteroatoms. The highest BCUT2D eigenvalue weighted by Crippen LogP contribution is 2.20. The topological polar surface area (TPSA) is 75.5 Å². The van der Waals surface area contributed by atoms with Gasteiger partial charge in [0, 0.05) is 31.7 Å². The van der Waals surface area contributed by atoms with Gasteiger partial charge in [0.25, 0.3) is 17.6 Å². The molecule has 2 heterocycles. The lowest BCUT2D eigenvalue weighted by atomic mass is 10.0. The predicted octanol–water partition coefficient (Wildman–Crippen LogP) is 3.78. The number of aromatic nitrogens is 2. The maximum atomic E-state index is 13.1. The van der Waals surface area contributed by atoms with Crippen LogP contribution in [0.25, 0.3) is 5.69 Å². The van der Waals surface area contributed by atoms with Crippen LogP contribution in [0.4, 0.5) is 0 Å². The van der Waals surface area contributed by atoms with Gasteiger partial charge in [-0.1, -0.05) is 44.2 Å². The van der Waals surface area contributed by atoms with E-state index in [0.29, 0.717) is 54.6 Å². The summed E-state index contributed by atoms with van der Waals surface area (Å²) in [5, 5.41) is 4.49. The molecule has 1 aromatic heterocycles. The number of carbonyl (C=O) groups excluding carboxylic acids is 3. The molecule has 7 nitrogen and oxygen atoms in total. The van der Waals surface area contributed by atoms with E-state index in [0.717, 1.165) is 5.69 Å². The van der Waals surface area contributed by atoms with Crippen LogP contribution in [0.2, 0.25) is 0 Å². The Labute approximate surface area is 200 Å². The Hall–Kier alpha value is -3.74. The van der Waals surface area contributed by atoms with Gasteiger partial charge in [-0.2, -0.15) is 5.10 Å². The molecule has 1 saturated heterocycles. The maximum absolute atomic E-state index is 13.1. The maximum Gasteiger partial charge on any atom is 0.295 e. The molecule has 0 atom stereocenters. The van der Waals surface area contributed by atoms with Gasteiger partial charge in [-0.15, -0.1) is 0 Å². The first-order chi connectivity index (χ1) is 16.3. The number of aryl methyl sites for hydroxylation is 1. The monoisotopic (exact) mass is 458 g/mol. The Morgan fingerprint density at radius 1 is 0.824 bits per heavy atom. The van der Waals surface area contributed by atoms with Crippen LogP contribution in [0.3, 0.4) is 0 Å². The number of hydrogen-bond acceptors (Lipinski definition) is 4. The summed E-state index contributed by atoms with van der Waals surface area (Å²) in [5.41, 5.74) is 4.17. The minimum absolute atomic E-state index is 0.0513. The van der Waals surface area contributed by atoms with Gasteiger partial charge in [-0.05, 0) is 49.6 Å². The van der Waals surface area contributed by atoms with Gasteiger partial charge in [0.2, 0.25) is 0 Å². The normalized spacial score (nSPS) is 13.9. The highest BCUT2D eigenvalue weighted by molar-refractivity contribution is 6.43. The van der Waals surface area contributed by atoms with Gasteiger partial charge in [0.05, 0.1) is 22.6 Å². The van der Waals surface area contributed by atoms with Crippen molar-refractivity contribution in [1.82, 2.24) is 19.6 Å². The molecule has 34 heavy (non-hydrogen) atoms. The van der Waals surface area contributed by atoms with E-state index in [1.807, 2.05) is 54.6 Å². The van der Waals surface area contributed by atoms with E-state index in [-0.39, 0.29) is 5.91 Å². The van der Waals surface area contributed by atoms with E-state index in [9.17, 15) is 14.4 Å². The second-order valence-corrected chi connectivity index (χ2v) is 8.98. The molecule has 0 spiro atoms. The third-order valence-corrected chi connectivity index (χ3v) is 6.39. The van der Waals surface area contributed by atoms with E-state index in [1.165, 1.54) is 10.5 Å². The number of carbonyl (C=O) groups is 3. The largest absolute Gasteiger partial charge is 0.335 e. The highest BCUT2D eigenvalue weighted by atomic mass is 16.2. The number of Topliss-reactive ketones (excluding diaryl/α,β-unsaturated/α-hetero) is 1. The lowest BCUT2D eigenvalue weighted by molar-refractivity contribution is -0.127. The van der Waals surface area contributed by atoms with Crippen molar-refractivity contribution in [1.29, 1.82) is 0 Å². The standard InChI is InChI=1S/C27H30N4O3/c1-18(2)21-10-12-22(13-11-21)26(33)29-14-16-30(17-15-29)27(34)25(32)24-19(3)28-31(20(24)4)23-8-6-5-7-9-23/h5-13,18H,14-17H2,1-4H3. The van der Waals surface area contributed by atoms with Gasteiger partial charge >= 0.3 is 0 Å². The van der Waals surface area contributed by atoms with E-state index in [2.05, 4.69) is 18.9 Å². The Morgan fingerprint density at radius 2 is 1.41 bits per heavy atom. The van der Waals surface area contributed by atoms with E-state index in [4.69, 9.17) is 0 Å². The summed E-state index contributed by atoms with van der Waals surface area (Å²) in [5.74, 6) is -0.749. The smallest absolute Gasteiger partial charge is 0.295 e. The van der Waals surface area contributed by atoms with Crippen molar-refractivity contribution in [2.75, 3.05) is 26.2 Å². The number of amides is 2. The zero-order valence-electron chi connectivity index (χ0n) is 20.1. The summed E-state index contributed by atoms with van der Waals surface area (Å²) in [7, 11) is 0. The molecule has 1 aliphatic rings. The highest BCUT2D eigenvalue weighted by Gasteiger charge is 2.32. The van der Waals surface area contributed by atoms with E-state index < -0.39 is 11.7 Å². The van der Waals surface area contributed by atoms with Crippen LogP contribution in [-0.4, -0.2) is 63.4 Å². The van der Waals surface area contributed by atoms with Crippen molar-refractivity contribution >= 4 is 17.6 Å². The molecule has 0 N–H and O–H groups in total. The minimum Gasteiger partial charge on any atom is -0.335 e. The van der Waals surface area contributed by atoms with Crippen molar-refractivity contribution < 1.29 is 14.4 Å². The van der Waals surface area contributed by atoms with Crippen LogP contribution < -0.4 is 0 Å². The van der Waals surface area contributed by atoms with E-state index >= 15 is 0 Å². The fraction of sp³-hybridized carbons (Fsp3) is 0.333. The van der Waals surface area contributed by atoms with Crippen LogP contribution >= 0.6 is 0 Å². The molecular weight excluding hydrogens is 428 g/mol. The van der Waals surface area contributed by atoms with Crippen LogP contribution in [0.1, 0.15) is 57.4 Å². The molecule has 1 aliphatic heterocycles. The first kappa shape index (κ1) is 23.4. The molecule has 0 saturated carbocycles. The average Bonchev–Trinajstić information content (AvgIpc) is 3.17.